The lowest BCUT2D eigenvalue weighted by Gasteiger charge is -2.72. The molecule has 9 rings (SSSR count). The third-order valence-corrected chi connectivity index (χ3v) is 21.6. The molecule has 0 aromatic heterocycles. The van der Waals surface area contributed by atoms with Gasteiger partial charge in [-0.3, -0.25) is 4.79 Å². The molecule has 0 aromatic rings. The maximum absolute atomic E-state index is 14.8. The maximum Gasteiger partial charge on any atom is 0.315 e. The highest BCUT2D eigenvalue weighted by Gasteiger charge is 2.72. The quantitative estimate of drug-likeness (QED) is 0.0502. The molecular weight excluding hydrogens is 1050 g/mol. The number of aliphatic hydroxyl groups is 16. The van der Waals surface area contributed by atoms with Gasteiger partial charge >= 0.3 is 5.97 Å². The number of carbonyl (C=O) groups excluding carboxylic acids is 1. The van der Waals surface area contributed by atoms with Crippen LogP contribution in [0.3, 0.4) is 0 Å². The van der Waals surface area contributed by atoms with Crippen LogP contribution in [-0.2, 0) is 42.7 Å². The number of hydrogen-bond acceptors (Lipinski definition) is 25. The van der Waals surface area contributed by atoms with Gasteiger partial charge in [0.25, 0.3) is 0 Å². The van der Waals surface area contributed by atoms with E-state index in [0.717, 1.165) is 5.57 Å². The van der Waals surface area contributed by atoms with Gasteiger partial charge in [0.1, 0.15) is 97.7 Å². The molecule has 4 heterocycles. The van der Waals surface area contributed by atoms with Gasteiger partial charge in [0.2, 0.25) is 6.29 Å². The second-order valence-electron chi connectivity index (χ2n) is 26.4. The summed E-state index contributed by atoms with van der Waals surface area (Å²) in [5.41, 5.74) is -3.63. The lowest BCUT2D eigenvalue weighted by atomic mass is 9.33. The highest BCUT2D eigenvalue weighted by atomic mass is 16.8. The fourth-order valence-electron chi connectivity index (χ4n) is 16.6. The Labute approximate surface area is 458 Å². The number of fused-ring (bicyclic) bond motifs is 7. The van der Waals surface area contributed by atoms with Gasteiger partial charge in [0, 0.05) is 5.92 Å². The molecule has 0 amide bonds. The summed E-state index contributed by atoms with van der Waals surface area (Å²) in [5.74, 6) is -1.73. The van der Waals surface area contributed by atoms with Crippen molar-refractivity contribution >= 4 is 5.97 Å². The standard InChI is InChI=1S/C54H88O25/c1-49(2)12-14-54(48(71)79-46-39(69)36(66)32(62)25(19-57)74-46)15-13-52(6)21(29(54)42(49)70)8-9-28-51(5)16-22(59)43(50(3,4)27(51)10-11-53(28,52)7)78-47-41(77-45-38(68)35(65)31(61)24(18-56)73-45)40(33(63)26(20-58)75-47)76-44-37(67)34(64)30(60)23(17-55)72-44/h8,22-47,55-70H,9-20H2,1-7H3/t22-,23-,24-,25-,26-,27+,28-,29-,30-,31-,32-,33-,34+,35+,36+,37-,38-,39-,40+,41-,42+,43+,44+,45+,46+,47+,51+,52-,53-,54+/m1/s1. The molecular formula is C54H88O25. The number of aliphatic hydroxyl groups excluding tert-OH is 16. The van der Waals surface area contributed by atoms with Crippen LogP contribution < -0.4 is 0 Å². The summed E-state index contributed by atoms with van der Waals surface area (Å²) in [6.07, 6.45) is -32.9. The second kappa shape index (κ2) is 22.3. The monoisotopic (exact) mass is 1140 g/mol. The van der Waals surface area contributed by atoms with E-state index in [0.29, 0.717) is 44.9 Å². The predicted octanol–water partition coefficient (Wildman–Crippen LogP) is -4.09. The molecule has 0 aromatic carbocycles. The summed E-state index contributed by atoms with van der Waals surface area (Å²) in [5, 5.41) is 174. The van der Waals surface area contributed by atoms with Crippen LogP contribution in [0.25, 0.3) is 0 Å². The van der Waals surface area contributed by atoms with Crippen molar-refractivity contribution in [1.82, 2.24) is 0 Å². The van der Waals surface area contributed by atoms with Crippen molar-refractivity contribution < 1.29 is 124 Å². The summed E-state index contributed by atoms with van der Waals surface area (Å²) in [4.78, 5) is 14.8. The Bertz CT molecular complexity index is 2180. The Kier molecular flexibility index (Phi) is 17.4. The number of rotatable bonds is 12. The molecule has 0 bridgehead atoms. The van der Waals surface area contributed by atoms with Crippen molar-refractivity contribution in [2.45, 2.75) is 241 Å². The summed E-state index contributed by atoms with van der Waals surface area (Å²) in [6.45, 7) is 11.2. The Morgan fingerprint density at radius 1 is 0.532 bits per heavy atom. The first-order chi connectivity index (χ1) is 36.9. The number of hydrogen-bond donors (Lipinski definition) is 16. The van der Waals surface area contributed by atoms with E-state index in [1.165, 1.54) is 0 Å². The lowest BCUT2D eigenvalue weighted by Crippen LogP contribution is -2.70. The molecule has 25 nitrogen and oxygen atoms in total. The first-order valence-corrected chi connectivity index (χ1v) is 28.0. The molecule has 79 heavy (non-hydrogen) atoms. The molecule has 16 N–H and O–H groups in total. The van der Waals surface area contributed by atoms with Crippen molar-refractivity contribution in [3.05, 3.63) is 11.6 Å². The highest BCUT2D eigenvalue weighted by Crippen LogP contribution is 2.76. The smallest absolute Gasteiger partial charge is 0.315 e. The maximum atomic E-state index is 14.8. The number of allylic oxidation sites excluding steroid dienone is 1. The molecule has 30 atom stereocenters. The number of ether oxygens (including phenoxy) is 8. The van der Waals surface area contributed by atoms with Crippen molar-refractivity contribution in [2.24, 2.45) is 50.2 Å². The van der Waals surface area contributed by atoms with E-state index in [1.54, 1.807) is 0 Å². The van der Waals surface area contributed by atoms with E-state index < -0.39 is 212 Å². The minimum atomic E-state index is -2.00. The van der Waals surface area contributed by atoms with Gasteiger partial charge in [0.15, 0.2) is 18.9 Å². The summed E-state index contributed by atoms with van der Waals surface area (Å²) in [7, 11) is 0. The Balaban J connectivity index is 1.02. The normalized spacial score (nSPS) is 54.3. The molecule has 5 aliphatic carbocycles. The average Bonchev–Trinajstić information content (AvgIpc) is 3.60. The van der Waals surface area contributed by atoms with E-state index in [4.69, 9.17) is 37.9 Å². The third kappa shape index (κ3) is 9.80. The molecule has 9 aliphatic rings. The van der Waals surface area contributed by atoms with E-state index in [9.17, 15) is 86.5 Å². The van der Waals surface area contributed by atoms with E-state index in [2.05, 4.69) is 26.8 Å². The third-order valence-electron chi connectivity index (χ3n) is 21.6. The molecule has 4 aliphatic heterocycles. The minimum absolute atomic E-state index is 0.0943. The van der Waals surface area contributed by atoms with Crippen LogP contribution in [0.4, 0.5) is 0 Å². The number of carbonyl (C=O) groups is 1. The molecule has 0 unspecified atom stereocenters. The van der Waals surface area contributed by atoms with Gasteiger partial charge in [-0.15, -0.1) is 0 Å². The van der Waals surface area contributed by atoms with Crippen LogP contribution in [0.1, 0.15) is 99.8 Å². The van der Waals surface area contributed by atoms with Crippen molar-refractivity contribution in [1.29, 1.82) is 0 Å². The van der Waals surface area contributed by atoms with Crippen LogP contribution in [0.2, 0.25) is 0 Å². The molecule has 454 valence electrons. The summed E-state index contributed by atoms with van der Waals surface area (Å²) in [6, 6.07) is 0. The molecule has 8 fully saturated rings. The fraction of sp³-hybridized carbons (Fsp3) is 0.944. The van der Waals surface area contributed by atoms with Crippen molar-refractivity contribution in [2.75, 3.05) is 26.4 Å². The summed E-state index contributed by atoms with van der Waals surface area (Å²) < 4.78 is 48.4. The van der Waals surface area contributed by atoms with Crippen LogP contribution in [-0.4, -0.2) is 255 Å². The van der Waals surface area contributed by atoms with E-state index >= 15 is 0 Å². The molecule has 0 spiro atoms. The lowest BCUT2D eigenvalue weighted by molar-refractivity contribution is -0.402. The summed E-state index contributed by atoms with van der Waals surface area (Å²) >= 11 is 0. The molecule has 0 radical (unpaired) electrons. The van der Waals surface area contributed by atoms with Crippen LogP contribution >= 0.6 is 0 Å². The van der Waals surface area contributed by atoms with Gasteiger partial charge in [-0.25, -0.2) is 0 Å². The van der Waals surface area contributed by atoms with Crippen molar-refractivity contribution in [3.8, 4) is 0 Å². The number of esters is 1. The van der Waals surface area contributed by atoms with Gasteiger partial charge in [-0.1, -0.05) is 60.1 Å². The topological polar surface area (TPSA) is 415 Å². The largest absolute Gasteiger partial charge is 0.432 e. The van der Waals surface area contributed by atoms with Crippen LogP contribution in [0.5, 0.6) is 0 Å². The van der Waals surface area contributed by atoms with Gasteiger partial charge in [0.05, 0.1) is 50.2 Å². The Morgan fingerprint density at radius 3 is 1.53 bits per heavy atom. The predicted molar refractivity (Wildman–Crippen MR) is 266 cm³/mol. The fourth-order valence-corrected chi connectivity index (χ4v) is 16.6. The zero-order valence-electron chi connectivity index (χ0n) is 45.9. The van der Waals surface area contributed by atoms with Crippen LogP contribution in [0, 0.1) is 50.2 Å². The second-order valence-corrected chi connectivity index (χ2v) is 26.4. The molecule has 25 heteroatoms. The molecule has 4 saturated carbocycles. The van der Waals surface area contributed by atoms with Gasteiger partial charge in [-0.2, -0.15) is 0 Å². The van der Waals surface area contributed by atoms with E-state index in [1.807, 2.05) is 27.7 Å². The first kappa shape index (κ1) is 61.8. The van der Waals surface area contributed by atoms with Crippen LogP contribution in [0.15, 0.2) is 11.6 Å². The van der Waals surface area contributed by atoms with Gasteiger partial charge in [-0.05, 0) is 90.3 Å². The Morgan fingerprint density at radius 2 is 1.00 bits per heavy atom. The SMILES string of the molecule is CC1(C)CC[C@]2(C(=O)O[C@@H]3O[C@H](CO)[C@@H](O)[C@H](O)[C@H]3O)CC[C@]3(C)C(=CC[C@@H]4[C@@]5(C)C[C@@H](O)[C@H](O[C@@H]6O[C@H](CO)[C@@H](O)[C@H](O[C@@H]7O[C@H](CO)[C@@H](O)[C@H](O)[C@H]7O)[C@H]6O[C@@H]6O[C@H](CO)[C@@H](O)[C@H](O)[C@H]6O)C(C)(C)[C@@H]5CC[C@]43C)[C@@H]2[C@@H]1O. The Hall–Kier alpha value is -1.71. The average molecular weight is 1140 g/mol. The zero-order valence-corrected chi connectivity index (χ0v) is 45.9. The van der Waals surface area contributed by atoms with Gasteiger partial charge < -0.3 is 120 Å². The van der Waals surface area contributed by atoms with Crippen molar-refractivity contribution in [3.63, 3.8) is 0 Å². The van der Waals surface area contributed by atoms with E-state index in [-0.39, 0.29) is 18.3 Å². The first-order valence-electron chi connectivity index (χ1n) is 28.0. The molecule has 4 saturated heterocycles. The highest BCUT2D eigenvalue weighted by molar-refractivity contribution is 5.79. The minimum Gasteiger partial charge on any atom is -0.432 e. The zero-order chi connectivity index (χ0) is 58.0.